The van der Waals surface area contributed by atoms with Crippen molar-refractivity contribution in [2.75, 3.05) is 19.8 Å². The quantitative estimate of drug-likeness (QED) is 0.501. The van der Waals surface area contributed by atoms with Gasteiger partial charge in [0.05, 0.1) is 0 Å². The van der Waals surface area contributed by atoms with Gasteiger partial charge in [0.15, 0.2) is 6.29 Å². The molecule has 13 heavy (non-hydrogen) atoms. The number of hydrogen-bond donors (Lipinski definition) is 1. The second-order valence-electron chi connectivity index (χ2n) is 2.22. The van der Waals surface area contributed by atoms with Crippen LogP contribution in [0, 0.1) is 0 Å². The van der Waals surface area contributed by atoms with Crippen molar-refractivity contribution in [2.45, 2.75) is 33.5 Å². The van der Waals surface area contributed by atoms with Gasteiger partial charge in [0.2, 0.25) is 0 Å². The van der Waals surface area contributed by atoms with Crippen molar-refractivity contribution in [1.82, 2.24) is 0 Å². The maximum Gasteiger partial charge on any atom is 0.154 e. The zero-order valence-electron chi connectivity index (χ0n) is 8.79. The Morgan fingerprint density at radius 2 is 1.77 bits per heavy atom. The van der Waals surface area contributed by atoms with E-state index in [9.17, 15) is 4.79 Å². The molecule has 0 aromatic carbocycles. The lowest BCUT2D eigenvalue weighted by atomic mass is 10.5. The van der Waals surface area contributed by atoms with Gasteiger partial charge in [-0.25, -0.2) is 0 Å². The molecular formula is C9H21NO3. The van der Waals surface area contributed by atoms with Crippen molar-refractivity contribution in [3.05, 3.63) is 0 Å². The van der Waals surface area contributed by atoms with E-state index in [1.807, 2.05) is 20.8 Å². The number of ether oxygens (including phenoxy) is 2. The van der Waals surface area contributed by atoms with Gasteiger partial charge in [-0.1, -0.05) is 0 Å². The Kier molecular flexibility index (Phi) is 16.3. The van der Waals surface area contributed by atoms with Crippen LogP contribution in [0.2, 0.25) is 0 Å². The Bertz CT molecular complexity index is 92.9. The molecule has 0 aliphatic rings. The van der Waals surface area contributed by atoms with Gasteiger partial charge in [-0.3, -0.25) is 0 Å². The molecule has 0 amide bonds. The van der Waals surface area contributed by atoms with E-state index < -0.39 is 0 Å². The van der Waals surface area contributed by atoms with Crippen molar-refractivity contribution in [3.63, 3.8) is 0 Å². The topological polar surface area (TPSA) is 61.6 Å². The van der Waals surface area contributed by atoms with E-state index in [2.05, 4.69) is 0 Å². The Labute approximate surface area is 80.4 Å². The van der Waals surface area contributed by atoms with Crippen LogP contribution in [0.15, 0.2) is 0 Å². The van der Waals surface area contributed by atoms with Crippen LogP contribution < -0.4 is 5.73 Å². The molecule has 0 unspecified atom stereocenters. The molecule has 80 valence electrons. The van der Waals surface area contributed by atoms with Crippen LogP contribution in [0.5, 0.6) is 0 Å². The summed E-state index contributed by atoms with van der Waals surface area (Å²) in [6, 6.07) is 0. The van der Waals surface area contributed by atoms with Crippen molar-refractivity contribution in [1.29, 1.82) is 0 Å². The lowest BCUT2D eigenvalue weighted by Crippen LogP contribution is -2.11. The van der Waals surface area contributed by atoms with Gasteiger partial charge in [-0.15, -0.1) is 0 Å². The SMILES string of the molecule is CCOC(C)OCC.NCCC=O. The van der Waals surface area contributed by atoms with Crippen molar-refractivity contribution < 1.29 is 14.3 Å². The predicted octanol–water partition coefficient (Wildman–Crippen LogP) is 0.939. The zero-order valence-corrected chi connectivity index (χ0v) is 8.79. The summed E-state index contributed by atoms with van der Waals surface area (Å²) in [5.74, 6) is 0. The summed E-state index contributed by atoms with van der Waals surface area (Å²) in [5, 5.41) is 0. The van der Waals surface area contributed by atoms with Gasteiger partial charge in [0, 0.05) is 19.6 Å². The molecule has 4 nitrogen and oxygen atoms in total. The van der Waals surface area contributed by atoms with E-state index in [4.69, 9.17) is 15.2 Å². The van der Waals surface area contributed by atoms with Crippen molar-refractivity contribution in [3.8, 4) is 0 Å². The third-order valence-electron chi connectivity index (χ3n) is 1.09. The molecule has 0 saturated carbocycles. The van der Waals surface area contributed by atoms with Gasteiger partial charge in [0.1, 0.15) is 6.29 Å². The normalized spacial score (nSPS) is 9.31. The van der Waals surface area contributed by atoms with E-state index in [1.54, 1.807) is 0 Å². The number of carbonyl (C=O) groups excluding carboxylic acids is 1. The molecule has 0 atom stereocenters. The van der Waals surface area contributed by atoms with E-state index in [-0.39, 0.29) is 6.29 Å². The fourth-order valence-electron chi connectivity index (χ4n) is 0.586. The third-order valence-corrected chi connectivity index (χ3v) is 1.09. The first-order chi connectivity index (χ1) is 6.22. The van der Waals surface area contributed by atoms with Crippen LogP contribution >= 0.6 is 0 Å². The minimum Gasteiger partial charge on any atom is -0.353 e. The first-order valence-electron chi connectivity index (χ1n) is 4.59. The summed E-state index contributed by atoms with van der Waals surface area (Å²) in [6.07, 6.45) is 1.25. The lowest BCUT2D eigenvalue weighted by Gasteiger charge is -2.09. The van der Waals surface area contributed by atoms with E-state index >= 15 is 0 Å². The average molecular weight is 191 g/mol. The number of rotatable bonds is 6. The maximum absolute atomic E-state index is 9.32. The second-order valence-corrected chi connectivity index (χ2v) is 2.22. The summed E-state index contributed by atoms with van der Waals surface area (Å²) in [6.45, 7) is 7.73. The van der Waals surface area contributed by atoms with Crippen LogP contribution in [-0.2, 0) is 14.3 Å². The van der Waals surface area contributed by atoms with E-state index in [0.717, 1.165) is 19.5 Å². The highest BCUT2D eigenvalue weighted by atomic mass is 16.7. The first-order valence-corrected chi connectivity index (χ1v) is 4.59. The molecule has 0 rings (SSSR count). The third kappa shape index (κ3) is 18.5. The Balaban J connectivity index is 0. The Morgan fingerprint density at radius 3 is 1.92 bits per heavy atom. The number of hydrogen-bond acceptors (Lipinski definition) is 4. The van der Waals surface area contributed by atoms with Gasteiger partial charge >= 0.3 is 0 Å². The number of carbonyl (C=O) groups is 1. The van der Waals surface area contributed by atoms with Gasteiger partial charge in [0.25, 0.3) is 0 Å². The van der Waals surface area contributed by atoms with Crippen LogP contribution in [0.25, 0.3) is 0 Å². The van der Waals surface area contributed by atoms with Crippen molar-refractivity contribution in [2.24, 2.45) is 5.73 Å². The predicted molar refractivity (Wildman–Crippen MR) is 52.4 cm³/mol. The van der Waals surface area contributed by atoms with Crippen molar-refractivity contribution >= 4 is 6.29 Å². The fraction of sp³-hybridized carbons (Fsp3) is 0.889. The summed E-state index contributed by atoms with van der Waals surface area (Å²) < 4.78 is 10.1. The summed E-state index contributed by atoms with van der Waals surface area (Å²) in [7, 11) is 0. The molecule has 0 aliphatic carbocycles. The number of aldehydes is 1. The number of nitrogens with two attached hydrogens (primary N) is 1. The zero-order chi connectivity index (χ0) is 10.5. The highest BCUT2D eigenvalue weighted by Gasteiger charge is 1.94. The monoisotopic (exact) mass is 191 g/mol. The Morgan fingerprint density at radius 1 is 1.31 bits per heavy atom. The largest absolute Gasteiger partial charge is 0.353 e. The molecule has 4 heteroatoms. The molecule has 0 aliphatic heterocycles. The van der Waals surface area contributed by atoms with Crippen LogP contribution in [0.3, 0.4) is 0 Å². The highest BCUT2D eigenvalue weighted by molar-refractivity contribution is 5.49. The van der Waals surface area contributed by atoms with Crippen LogP contribution in [0.1, 0.15) is 27.2 Å². The van der Waals surface area contributed by atoms with Gasteiger partial charge in [-0.2, -0.15) is 0 Å². The standard InChI is InChI=1S/C6H14O2.C3H7NO/c1-4-7-6(3)8-5-2;4-2-1-3-5/h6H,4-5H2,1-3H3;3H,1-2,4H2. The molecule has 0 saturated heterocycles. The maximum atomic E-state index is 9.32. The smallest absolute Gasteiger partial charge is 0.154 e. The van der Waals surface area contributed by atoms with Crippen LogP contribution in [-0.4, -0.2) is 32.3 Å². The molecule has 0 aromatic rings. The summed E-state index contributed by atoms with van der Waals surface area (Å²) >= 11 is 0. The van der Waals surface area contributed by atoms with E-state index in [0.29, 0.717) is 13.0 Å². The first kappa shape index (κ1) is 15.0. The molecular weight excluding hydrogens is 170 g/mol. The second kappa shape index (κ2) is 14.1. The molecule has 0 fully saturated rings. The minimum absolute atomic E-state index is 0.0370. The van der Waals surface area contributed by atoms with Gasteiger partial charge in [-0.05, 0) is 27.3 Å². The summed E-state index contributed by atoms with van der Waals surface area (Å²) in [5.41, 5.74) is 4.91. The van der Waals surface area contributed by atoms with Gasteiger partial charge < -0.3 is 20.0 Å². The van der Waals surface area contributed by atoms with Crippen LogP contribution in [0.4, 0.5) is 0 Å². The summed E-state index contributed by atoms with van der Waals surface area (Å²) in [4.78, 5) is 9.32. The molecule has 0 aromatic heterocycles. The average Bonchev–Trinajstić information content (AvgIpc) is 2.08. The highest BCUT2D eigenvalue weighted by Crippen LogP contribution is 1.90. The van der Waals surface area contributed by atoms with E-state index in [1.165, 1.54) is 0 Å². The Hall–Kier alpha value is -0.450. The lowest BCUT2D eigenvalue weighted by molar-refractivity contribution is -0.123. The molecule has 0 radical (unpaired) electrons. The minimum atomic E-state index is -0.0370. The molecule has 0 spiro atoms. The molecule has 0 bridgehead atoms. The fourth-order valence-corrected chi connectivity index (χ4v) is 0.586. The molecule has 2 N–H and O–H groups in total. The molecule has 0 heterocycles.